The number of amides is 1. The largest absolute Gasteiger partial charge is 0.486 e. The van der Waals surface area contributed by atoms with Crippen molar-refractivity contribution >= 4 is 24.0 Å². The molecule has 0 aliphatic carbocycles. The summed E-state index contributed by atoms with van der Waals surface area (Å²) in [5, 5.41) is 2.85. The highest BCUT2D eigenvalue weighted by atomic mass is 35.5. The first-order valence-corrected chi connectivity index (χ1v) is 6.55. The first kappa shape index (κ1) is 16.8. The van der Waals surface area contributed by atoms with E-state index in [0.29, 0.717) is 24.6 Å². The Morgan fingerprint density at radius 2 is 2.30 bits per heavy atom. The van der Waals surface area contributed by atoms with E-state index < -0.39 is 0 Å². The molecule has 0 radical (unpaired) electrons. The van der Waals surface area contributed by atoms with Gasteiger partial charge in [0, 0.05) is 18.9 Å². The molecule has 0 aromatic heterocycles. The molecule has 1 aromatic carbocycles. The van der Waals surface area contributed by atoms with Gasteiger partial charge < -0.3 is 20.5 Å². The van der Waals surface area contributed by atoms with Crippen LogP contribution in [0.5, 0.6) is 5.75 Å². The van der Waals surface area contributed by atoms with E-state index >= 15 is 0 Å². The second-order valence-electron chi connectivity index (χ2n) is 4.73. The molecule has 1 fully saturated rings. The number of carbonyl (C=O) groups is 1. The summed E-state index contributed by atoms with van der Waals surface area (Å²) in [6.45, 7) is 3.44. The zero-order valence-electron chi connectivity index (χ0n) is 11.5. The minimum atomic E-state index is -0.220. The Morgan fingerprint density at radius 1 is 1.55 bits per heavy atom. The number of carbonyl (C=O) groups excluding carboxylic acids is 1. The number of halogens is 1. The molecule has 2 rings (SSSR count). The van der Waals surface area contributed by atoms with Crippen molar-refractivity contribution < 1.29 is 14.3 Å². The summed E-state index contributed by atoms with van der Waals surface area (Å²) in [7, 11) is 0. The summed E-state index contributed by atoms with van der Waals surface area (Å²) in [6, 6.07) is 7.42. The van der Waals surface area contributed by atoms with Crippen molar-refractivity contribution in [3.63, 3.8) is 0 Å². The minimum Gasteiger partial charge on any atom is -0.486 e. The fourth-order valence-corrected chi connectivity index (χ4v) is 1.82. The number of para-hydroxylation sites is 2. The van der Waals surface area contributed by atoms with Crippen molar-refractivity contribution in [3.05, 3.63) is 24.3 Å². The van der Waals surface area contributed by atoms with Gasteiger partial charge in [-0.3, -0.25) is 4.79 Å². The molecule has 6 heteroatoms. The zero-order valence-corrected chi connectivity index (χ0v) is 12.3. The maximum absolute atomic E-state index is 11.9. The number of anilines is 1. The fourth-order valence-electron chi connectivity index (χ4n) is 1.82. The Balaban J connectivity index is 0.00000200. The van der Waals surface area contributed by atoms with E-state index in [1.54, 1.807) is 6.92 Å². The Labute approximate surface area is 125 Å². The van der Waals surface area contributed by atoms with Gasteiger partial charge in [-0.2, -0.15) is 0 Å². The third-order valence-corrected chi connectivity index (χ3v) is 3.13. The molecular weight excluding hydrogens is 280 g/mol. The van der Waals surface area contributed by atoms with Gasteiger partial charge >= 0.3 is 0 Å². The molecule has 20 heavy (non-hydrogen) atoms. The van der Waals surface area contributed by atoms with E-state index in [2.05, 4.69) is 5.32 Å². The van der Waals surface area contributed by atoms with Crippen LogP contribution < -0.4 is 15.8 Å². The van der Waals surface area contributed by atoms with E-state index in [1.807, 2.05) is 24.3 Å². The molecule has 0 spiro atoms. The molecule has 1 aliphatic rings. The SMILES string of the molecule is CC(CN)C(=O)Nc1ccccc1OC1CCOC1.Cl. The van der Waals surface area contributed by atoms with Gasteiger partial charge in [0.15, 0.2) is 0 Å². The normalized spacial score (nSPS) is 19.0. The van der Waals surface area contributed by atoms with Crippen molar-refractivity contribution in [2.75, 3.05) is 25.1 Å². The highest BCUT2D eigenvalue weighted by Crippen LogP contribution is 2.26. The van der Waals surface area contributed by atoms with Gasteiger partial charge in [0.2, 0.25) is 5.91 Å². The van der Waals surface area contributed by atoms with Gasteiger partial charge in [-0.15, -0.1) is 12.4 Å². The Kier molecular flexibility index (Phi) is 6.78. The quantitative estimate of drug-likeness (QED) is 0.870. The average molecular weight is 301 g/mol. The Morgan fingerprint density at radius 3 is 2.95 bits per heavy atom. The number of ether oxygens (including phenoxy) is 2. The fraction of sp³-hybridized carbons (Fsp3) is 0.500. The van der Waals surface area contributed by atoms with Crippen molar-refractivity contribution in [2.45, 2.75) is 19.4 Å². The molecule has 1 heterocycles. The standard InChI is InChI=1S/C14H20N2O3.ClH/c1-10(8-15)14(17)16-12-4-2-3-5-13(12)19-11-6-7-18-9-11;/h2-5,10-11H,6-9,15H2,1H3,(H,16,17);1H. The van der Waals surface area contributed by atoms with E-state index in [4.69, 9.17) is 15.2 Å². The molecule has 1 aliphatic heterocycles. The lowest BCUT2D eigenvalue weighted by Crippen LogP contribution is -2.27. The predicted octanol–water partition coefficient (Wildman–Crippen LogP) is 1.81. The topological polar surface area (TPSA) is 73.6 Å². The summed E-state index contributed by atoms with van der Waals surface area (Å²) in [4.78, 5) is 11.9. The third kappa shape index (κ3) is 4.37. The van der Waals surface area contributed by atoms with Crippen LogP contribution in [0.25, 0.3) is 0 Å². The monoisotopic (exact) mass is 300 g/mol. The van der Waals surface area contributed by atoms with Crippen LogP contribution in [0.4, 0.5) is 5.69 Å². The van der Waals surface area contributed by atoms with Gasteiger partial charge in [0.25, 0.3) is 0 Å². The minimum absolute atomic E-state index is 0. The van der Waals surface area contributed by atoms with Crippen molar-refractivity contribution in [1.29, 1.82) is 0 Å². The average Bonchev–Trinajstić information content (AvgIpc) is 2.93. The molecule has 3 N–H and O–H groups in total. The van der Waals surface area contributed by atoms with Gasteiger partial charge in [-0.1, -0.05) is 19.1 Å². The zero-order chi connectivity index (χ0) is 13.7. The maximum atomic E-state index is 11.9. The van der Waals surface area contributed by atoms with Crippen LogP contribution in [0.3, 0.4) is 0 Å². The summed E-state index contributed by atoms with van der Waals surface area (Å²) in [6.07, 6.45) is 0.937. The molecule has 0 bridgehead atoms. The number of rotatable bonds is 5. The molecule has 2 unspecified atom stereocenters. The third-order valence-electron chi connectivity index (χ3n) is 3.13. The smallest absolute Gasteiger partial charge is 0.228 e. The molecular formula is C14H21ClN2O3. The first-order valence-electron chi connectivity index (χ1n) is 6.55. The van der Waals surface area contributed by atoms with Gasteiger partial charge in [-0.05, 0) is 12.1 Å². The first-order chi connectivity index (χ1) is 9.20. The molecule has 1 saturated heterocycles. The van der Waals surface area contributed by atoms with Crippen LogP contribution in [0, 0.1) is 5.92 Å². The molecule has 1 amide bonds. The number of nitrogens with one attached hydrogen (secondary N) is 1. The van der Waals surface area contributed by atoms with E-state index in [1.165, 1.54) is 0 Å². The summed E-state index contributed by atoms with van der Waals surface area (Å²) < 4.78 is 11.1. The lowest BCUT2D eigenvalue weighted by molar-refractivity contribution is -0.119. The second kappa shape index (κ2) is 8.09. The lowest BCUT2D eigenvalue weighted by Gasteiger charge is -2.17. The Bertz CT molecular complexity index is 436. The van der Waals surface area contributed by atoms with Crippen LogP contribution in [0.15, 0.2) is 24.3 Å². The molecule has 1 aromatic rings. The predicted molar refractivity (Wildman–Crippen MR) is 80.4 cm³/mol. The van der Waals surface area contributed by atoms with Crippen molar-refractivity contribution in [1.82, 2.24) is 0 Å². The van der Waals surface area contributed by atoms with Crippen LogP contribution in [-0.2, 0) is 9.53 Å². The summed E-state index contributed by atoms with van der Waals surface area (Å²) in [5.41, 5.74) is 6.17. The molecule has 2 atom stereocenters. The number of nitrogens with two attached hydrogens (primary N) is 1. The van der Waals surface area contributed by atoms with Crippen LogP contribution in [0.1, 0.15) is 13.3 Å². The van der Waals surface area contributed by atoms with E-state index in [9.17, 15) is 4.79 Å². The van der Waals surface area contributed by atoms with Crippen molar-refractivity contribution in [3.8, 4) is 5.75 Å². The lowest BCUT2D eigenvalue weighted by atomic mass is 10.1. The van der Waals surface area contributed by atoms with Crippen LogP contribution >= 0.6 is 12.4 Å². The number of benzene rings is 1. The molecule has 5 nitrogen and oxygen atoms in total. The molecule has 112 valence electrons. The highest BCUT2D eigenvalue weighted by molar-refractivity contribution is 5.93. The number of hydrogen-bond acceptors (Lipinski definition) is 4. The van der Waals surface area contributed by atoms with Crippen LogP contribution in [-0.4, -0.2) is 31.8 Å². The molecule has 0 saturated carbocycles. The summed E-state index contributed by atoms with van der Waals surface area (Å²) in [5.74, 6) is 0.361. The Hall–Kier alpha value is -1.30. The second-order valence-corrected chi connectivity index (χ2v) is 4.73. The van der Waals surface area contributed by atoms with E-state index in [-0.39, 0.29) is 30.3 Å². The van der Waals surface area contributed by atoms with Gasteiger partial charge in [0.05, 0.1) is 18.9 Å². The maximum Gasteiger partial charge on any atom is 0.228 e. The summed E-state index contributed by atoms with van der Waals surface area (Å²) >= 11 is 0. The van der Waals surface area contributed by atoms with Crippen LogP contribution in [0.2, 0.25) is 0 Å². The van der Waals surface area contributed by atoms with E-state index in [0.717, 1.165) is 13.0 Å². The van der Waals surface area contributed by atoms with Gasteiger partial charge in [0.1, 0.15) is 11.9 Å². The van der Waals surface area contributed by atoms with Crippen molar-refractivity contribution in [2.24, 2.45) is 11.7 Å². The number of hydrogen-bond donors (Lipinski definition) is 2. The highest BCUT2D eigenvalue weighted by Gasteiger charge is 2.19. The van der Waals surface area contributed by atoms with Gasteiger partial charge in [-0.25, -0.2) is 0 Å².